The number of phenols is 4. The molecule has 4 aromatic rings. The van der Waals surface area contributed by atoms with Gasteiger partial charge in [-0.3, -0.25) is 0 Å². The zero-order valence-electron chi connectivity index (χ0n) is 30.2. The third-order valence-electron chi connectivity index (χ3n) is 9.02. The van der Waals surface area contributed by atoms with Crippen LogP contribution in [0.1, 0.15) is 68.2 Å². The predicted molar refractivity (Wildman–Crippen MR) is 207 cm³/mol. The molecule has 53 heavy (non-hydrogen) atoms. The lowest BCUT2D eigenvalue weighted by molar-refractivity contribution is -0.108. The highest BCUT2D eigenvalue weighted by molar-refractivity contribution is 5.83. The Balaban J connectivity index is 0.000000281. The minimum atomic E-state index is -0.0206. The summed E-state index contributed by atoms with van der Waals surface area (Å²) < 4.78 is 21.7. The molecule has 4 N–H and O–H groups in total. The minimum Gasteiger partial charge on any atom is -0.507 e. The molecule has 0 heterocycles. The second-order valence-electron chi connectivity index (χ2n) is 12.4. The Labute approximate surface area is 312 Å². The maximum Gasteiger partial charge on any atom is 0.203 e. The molecular formula is C43H52O10. The smallest absolute Gasteiger partial charge is 0.203 e. The van der Waals surface area contributed by atoms with E-state index in [0.717, 1.165) is 73.4 Å². The number of ether oxygens (including phenoxy) is 4. The van der Waals surface area contributed by atoms with Gasteiger partial charge in [-0.1, -0.05) is 31.7 Å². The van der Waals surface area contributed by atoms with E-state index < -0.39 is 0 Å². The number of hydrogen-bond acceptors (Lipinski definition) is 10. The van der Waals surface area contributed by atoms with Crippen LogP contribution < -0.4 is 18.9 Å². The van der Waals surface area contributed by atoms with Crippen molar-refractivity contribution in [2.45, 2.75) is 71.6 Å². The van der Waals surface area contributed by atoms with Crippen molar-refractivity contribution in [3.8, 4) is 68.2 Å². The quantitative estimate of drug-likeness (QED) is 0.0633. The number of carbonyl (C=O) groups excluding carboxylic acids is 2. The summed E-state index contributed by atoms with van der Waals surface area (Å²) in [7, 11) is 5.94. The molecule has 0 atom stereocenters. The SMILES string of the molecule is C.COc1c(-c2cc(CC=O)ccc2O)cc(CCCCC=O)c(O)c1OC.COc1c2cc(c(O)c1OC)CCCC/C=C/Cc1ccc(O)c-2c1. The summed E-state index contributed by atoms with van der Waals surface area (Å²) in [4.78, 5) is 21.3. The molecule has 0 amide bonds. The second-order valence-corrected chi connectivity index (χ2v) is 12.4. The van der Waals surface area contributed by atoms with E-state index in [9.17, 15) is 30.0 Å². The van der Waals surface area contributed by atoms with Crippen LogP contribution in [0.2, 0.25) is 0 Å². The number of aromatic hydroxyl groups is 4. The van der Waals surface area contributed by atoms with Gasteiger partial charge in [-0.05, 0) is 110 Å². The van der Waals surface area contributed by atoms with Crippen LogP contribution in [0.25, 0.3) is 22.3 Å². The van der Waals surface area contributed by atoms with Gasteiger partial charge in [0, 0.05) is 35.1 Å². The number of aryl methyl sites for hydroxylation is 2. The Kier molecular flexibility index (Phi) is 16.1. The van der Waals surface area contributed by atoms with Crippen molar-refractivity contribution >= 4 is 12.6 Å². The van der Waals surface area contributed by atoms with E-state index in [0.29, 0.717) is 58.8 Å². The number of hydrogen-bond donors (Lipinski definition) is 4. The van der Waals surface area contributed by atoms with Crippen molar-refractivity contribution in [3.63, 3.8) is 0 Å². The number of rotatable bonds is 12. The van der Waals surface area contributed by atoms with Crippen LogP contribution in [0.3, 0.4) is 0 Å². The van der Waals surface area contributed by atoms with Crippen LogP contribution in [0.4, 0.5) is 0 Å². The van der Waals surface area contributed by atoms with Crippen molar-refractivity contribution in [1.82, 2.24) is 0 Å². The number of unbranched alkanes of at least 4 members (excludes halogenated alkanes) is 2. The molecule has 0 saturated carbocycles. The molecule has 4 bridgehead atoms. The Morgan fingerprint density at radius 1 is 0.642 bits per heavy atom. The summed E-state index contributed by atoms with van der Waals surface area (Å²) >= 11 is 0. The molecule has 0 radical (unpaired) electrons. The third-order valence-corrected chi connectivity index (χ3v) is 9.02. The van der Waals surface area contributed by atoms with Crippen LogP contribution >= 0.6 is 0 Å². The molecule has 0 aromatic heterocycles. The first kappa shape index (κ1) is 41.8. The monoisotopic (exact) mass is 728 g/mol. The zero-order valence-corrected chi connectivity index (χ0v) is 30.2. The number of methoxy groups -OCH3 is 4. The summed E-state index contributed by atoms with van der Waals surface area (Å²) in [5.41, 5.74) is 5.76. The molecule has 1 aliphatic rings. The van der Waals surface area contributed by atoms with Gasteiger partial charge in [-0.25, -0.2) is 0 Å². The van der Waals surface area contributed by atoms with Gasteiger partial charge < -0.3 is 49.0 Å². The molecule has 0 spiro atoms. The third kappa shape index (κ3) is 10.0. The molecule has 0 fully saturated rings. The highest BCUT2D eigenvalue weighted by Gasteiger charge is 2.24. The molecule has 0 aliphatic heterocycles. The maximum atomic E-state index is 10.8. The van der Waals surface area contributed by atoms with Gasteiger partial charge in [0.2, 0.25) is 11.5 Å². The largest absolute Gasteiger partial charge is 0.507 e. The van der Waals surface area contributed by atoms with E-state index in [1.807, 2.05) is 18.2 Å². The molecule has 284 valence electrons. The summed E-state index contributed by atoms with van der Waals surface area (Å²) in [6, 6.07) is 14.2. The predicted octanol–water partition coefficient (Wildman–Crippen LogP) is 8.68. The van der Waals surface area contributed by atoms with Crippen LogP contribution in [0.15, 0.2) is 60.7 Å². The van der Waals surface area contributed by atoms with E-state index in [2.05, 4.69) is 12.2 Å². The lowest BCUT2D eigenvalue weighted by Crippen LogP contribution is -1.99. The number of carbonyl (C=O) groups is 2. The molecule has 10 heteroatoms. The Morgan fingerprint density at radius 3 is 1.91 bits per heavy atom. The van der Waals surface area contributed by atoms with Crippen LogP contribution in [0, 0.1) is 0 Å². The van der Waals surface area contributed by atoms with E-state index in [1.165, 1.54) is 34.5 Å². The lowest BCUT2D eigenvalue weighted by atomic mass is 9.95. The van der Waals surface area contributed by atoms with Crippen LogP contribution in [0.5, 0.6) is 46.0 Å². The number of benzene rings is 4. The van der Waals surface area contributed by atoms with Gasteiger partial charge in [-0.15, -0.1) is 0 Å². The van der Waals surface area contributed by atoms with E-state index in [1.54, 1.807) is 24.3 Å². The normalized spacial score (nSPS) is 12.6. The first-order valence-electron chi connectivity index (χ1n) is 17.3. The van der Waals surface area contributed by atoms with Gasteiger partial charge >= 0.3 is 0 Å². The topological polar surface area (TPSA) is 152 Å². The maximum absolute atomic E-state index is 10.8. The molecular weight excluding hydrogens is 676 g/mol. The van der Waals surface area contributed by atoms with Crippen molar-refractivity contribution in [2.24, 2.45) is 0 Å². The standard InChI is InChI=1S/C21H24O6.C21H24O4.CH4/c1-26-20-17(16-12-14(9-11-23)7-8-18(16)24)13-15(6-4-3-5-10-22)19(25)21(20)27-2;1-24-20-17-13-15(19(23)21(20)25-2)9-7-5-3-4-6-8-14-10-11-18(22)16(17)12-14;/h7-8,10-13,24-25H,3-6,9H2,1-2H3;4,6,10-13,22-23H,3,5,7-9H2,1-2H3;1H4/b;6-4+;. The van der Waals surface area contributed by atoms with E-state index in [4.69, 9.17) is 18.9 Å². The molecule has 4 aromatic carbocycles. The zero-order chi connectivity index (χ0) is 37.6. The number of fused-ring (bicyclic) bond motifs is 5. The molecule has 1 aliphatic carbocycles. The molecule has 0 unspecified atom stereocenters. The number of phenolic OH excluding ortho intramolecular Hbond substituents is 4. The number of aldehydes is 2. The van der Waals surface area contributed by atoms with E-state index >= 15 is 0 Å². The summed E-state index contributed by atoms with van der Waals surface area (Å²) in [5.74, 6) is 1.53. The first-order chi connectivity index (χ1) is 25.2. The van der Waals surface area contributed by atoms with Gasteiger partial charge in [-0.2, -0.15) is 0 Å². The van der Waals surface area contributed by atoms with Crippen LogP contribution in [-0.2, 0) is 35.3 Å². The fourth-order valence-corrected chi connectivity index (χ4v) is 6.34. The fraction of sp³-hybridized carbons (Fsp3) is 0.349. The Hall–Kier alpha value is -5.64. The molecule has 5 rings (SSSR count). The number of allylic oxidation sites excluding steroid dienone is 2. The summed E-state index contributed by atoms with van der Waals surface area (Å²) in [6.07, 6.45) is 13.3. The highest BCUT2D eigenvalue weighted by Crippen LogP contribution is 2.50. The van der Waals surface area contributed by atoms with Gasteiger partial charge in [0.05, 0.1) is 28.4 Å². The lowest BCUT2D eigenvalue weighted by Gasteiger charge is -2.18. The summed E-state index contributed by atoms with van der Waals surface area (Å²) in [5, 5.41) is 41.9. The molecule has 0 saturated heterocycles. The Bertz CT molecular complexity index is 1880. The van der Waals surface area contributed by atoms with Crippen molar-refractivity contribution in [1.29, 1.82) is 0 Å². The first-order valence-corrected chi connectivity index (χ1v) is 17.3. The van der Waals surface area contributed by atoms with Crippen molar-refractivity contribution in [2.75, 3.05) is 28.4 Å². The van der Waals surface area contributed by atoms with E-state index in [-0.39, 0.29) is 42.6 Å². The second kappa shape index (κ2) is 20.4. The summed E-state index contributed by atoms with van der Waals surface area (Å²) in [6.45, 7) is 0. The molecule has 10 nitrogen and oxygen atoms in total. The van der Waals surface area contributed by atoms with Gasteiger partial charge in [0.15, 0.2) is 23.0 Å². The van der Waals surface area contributed by atoms with Crippen molar-refractivity contribution in [3.05, 3.63) is 82.9 Å². The van der Waals surface area contributed by atoms with Gasteiger partial charge in [0.25, 0.3) is 0 Å². The van der Waals surface area contributed by atoms with Crippen LogP contribution in [-0.4, -0.2) is 61.4 Å². The Morgan fingerprint density at radius 2 is 1.26 bits per heavy atom. The highest BCUT2D eigenvalue weighted by atomic mass is 16.5. The average Bonchev–Trinajstić information content (AvgIpc) is 3.16. The minimum absolute atomic E-state index is 0. The van der Waals surface area contributed by atoms with Crippen molar-refractivity contribution < 1.29 is 49.0 Å². The average molecular weight is 729 g/mol. The van der Waals surface area contributed by atoms with Gasteiger partial charge in [0.1, 0.15) is 24.1 Å². The fourth-order valence-electron chi connectivity index (χ4n) is 6.34.